The van der Waals surface area contributed by atoms with E-state index in [1.807, 2.05) is 18.4 Å². The van der Waals surface area contributed by atoms with Crippen molar-refractivity contribution in [3.63, 3.8) is 0 Å². The van der Waals surface area contributed by atoms with Gasteiger partial charge >= 0.3 is 0 Å². The van der Waals surface area contributed by atoms with Gasteiger partial charge < -0.3 is 5.11 Å². The van der Waals surface area contributed by atoms with Gasteiger partial charge in [-0.15, -0.1) is 17.9 Å². The Kier molecular flexibility index (Phi) is 4.12. The number of unbranched alkanes of at least 4 members (excludes halogenated alkanes) is 1. The molecule has 1 atom stereocenters. The second-order valence-electron chi connectivity index (χ2n) is 3.03. The molecular weight excluding hydrogens is 182 g/mol. The van der Waals surface area contributed by atoms with Gasteiger partial charge in [-0.2, -0.15) is 0 Å². The van der Waals surface area contributed by atoms with Crippen molar-refractivity contribution in [1.82, 2.24) is 4.98 Å². The van der Waals surface area contributed by atoms with Crippen molar-refractivity contribution < 1.29 is 5.11 Å². The standard InChI is InChI=1S/C10H15NOS/c1-3-4-5-6-10(12)9-7-13-8(2)11-9/h3,7,10,12H,1,4-6H2,2H3. The summed E-state index contributed by atoms with van der Waals surface area (Å²) in [5.41, 5.74) is 0.812. The van der Waals surface area contributed by atoms with Crippen LogP contribution in [0.4, 0.5) is 0 Å². The average Bonchev–Trinajstić information content (AvgIpc) is 2.52. The van der Waals surface area contributed by atoms with Crippen LogP contribution in [-0.2, 0) is 0 Å². The minimum absolute atomic E-state index is 0.398. The number of aryl methyl sites for hydroxylation is 1. The Morgan fingerprint density at radius 2 is 2.54 bits per heavy atom. The van der Waals surface area contributed by atoms with E-state index in [0.29, 0.717) is 0 Å². The topological polar surface area (TPSA) is 33.1 Å². The van der Waals surface area contributed by atoms with E-state index >= 15 is 0 Å². The van der Waals surface area contributed by atoms with E-state index in [-0.39, 0.29) is 0 Å². The molecular formula is C10H15NOS. The number of nitrogens with zero attached hydrogens (tertiary/aromatic N) is 1. The largest absolute Gasteiger partial charge is 0.387 e. The van der Waals surface area contributed by atoms with Crippen LogP contribution in [0.2, 0.25) is 0 Å². The SMILES string of the molecule is C=CCCCC(O)c1csc(C)n1. The van der Waals surface area contributed by atoms with Crippen LogP contribution in [-0.4, -0.2) is 10.1 Å². The molecule has 1 unspecified atom stereocenters. The van der Waals surface area contributed by atoms with Crippen molar-refractivity contribution in [3.05, 3.63) is 28.7 Å². The van der Waals surface area contributed by atoms with Crippen molar-refractivity contribution in [1.29, 1.82) is 0 Å². The number of aliphatic hydroxyl groups excluding tert-OH is 1. The van der Waals surface area contributed by atoms with Crippen LogP contribution in [0.15, 0.2) is 18.0 Å². The lowest BCUT2D eigenvalue weighted by atomic mass is 10.1. The molecule has 0 amide bonds. The van der Waals surface area contributed by atoms with E-state index in [1.54, 1.807) is 11.3 Å². The fourth-order valence-electron chi connectivity index (χ4n) is 1.14. The molecule has 13 heavy (non-hydrogen) atoms. The van der Waals surface area contributed by atoms with Crippen LogP contribution in [0.3, 0.4) is 0 Å². The molecule has 1 heterocycles. The van der Waals surface area contributed by atoms with E-state index in [0.717, 1.165) is 30.0 Å². The highest BCUT2D eigenvalue weighted by Gasteiger charge is 2.09. The number of thiazole rings is 1. The first-order valence-electron chi connectivity index (χ1n) is 4.45. The normalized spacial score (nSPS) is 12.8. The van der Waals surface area contributed by atoms with Crippen LogP contribution in [0.25, 0.3) is 0 Å². The smallest absolute Gasteiger partial charge is 0.0968 e. The van der Waals surface area contributed by atoms with Gasteiger partial charge in [0.2, 0.25) is 0 Å². The van der Waals surface area contributed by atoms with E-state index < -0.39 is 6.10 Å². The number of rotatable bonds is 5. The Balaban J connectivity index is 2.39. The molecule has 0 fully saturated rings. The lowest BCUT2D eigenvalue weighted by molar-refractivity contribution is 0.161. The Morgan fingerprint density at radius 3 is 3.08 bits per heavy atom. The van der Waals surface area contributed by atoms with Crippen LogP contribution in [0, 0.1) is 6.92 Å². The van der Waals surface area contributed by atoms with Gasteiger partial charge in [-0.05, 0) is 26.2 Å². The minimum Gasteiger partial charge on any atom is -0.387 e. The number of aliphatic hydroxyl groups is 1. The Hall–Kier alpha value is -0.670. The lowest BCUT2D eigenvalue weighted by Crippen LogP contribution is -1.97. The zero-order valence-electron chi connectivity index (χ0n) is 7.86. The Morgan fingerprint density at radius 1 is 1.77 bits per heavy atom. The Labute approximate surface area is 83.0 Å². The third-order valence-corrected chi connectivity index (χ3v) is 2.66. The molecule has 1 N–H and O–H groups in total. The van der Waals surface area contributed by atoms with Crippen molar-refractivity contribution >= 4 is 11.3 Å². The summed E-state index contributed by atoms with van der Waals surface area (Å²) in [6.07, 6.45) is 4.18. The molecule has 3 heteroatoms. The van der Waals surface area contributed by atoms with Gasteiger partial charge in [0, 0.05) is 5.38 Å². The third kappa shape index (κ3) is 3.28. The number of aromatic nitrogens is 1. The summed E-state index contributed by atoms with van der Waals surface area (Å²) < 4.78 is 0. The first kappa shape index (κ1) is 10.4. The van der Waals surface area contributed by atoms with Crippen molar-refractivity contribution in [3.8, 4) is 0 Å². The molecule has 1 rings (SSSR count). The van der Waals surface area contributed by atoms with Crippen molar-refractivity contribution in [2.24, 2.45) is 0 Å². The highest BCUT2D eigenvalue weighted by Crippen LogP contribution is 2.20. The summed E-state index contributed by atoms with van der Waals surface area (Å²) in [5, 5.41) is 12.6. The molecule has 0 aliphatic carbocycles. The molecule has 0 saturated heterocycles. The summed E-state index contributed by atoms with van der Waals surface area (Å²) in [6, 6.07) is 0. The van der Waals surface area contributed by atoms with Gasteiger partial charge in [0.25, 0.3) is 0 Å². The second-order valence-corrected chi connectivity index (χ2v) is 4.09. The van der Waals surface area contributed by atoms with Gasteiger partial charge in [-0.1, -0.05) is 6.08 Å². The number of hydrogen-bond acceptors (Lipinski definition) is 3. The molecule has 0 saturated carbocycles. The van der Waals surface area contributed by atoms with Crippen LogP contribution >= 0.6 is 11.3 Å². The molecule has 0 bridgehead atoms. The first-order valence-corrected chi connectivity index (χ1v) is 5.33. The monoisotopic (exact) mass is 197 g/mol. The molecule has 0 aliphatic heterocycles. The maximum absolute atomic E-state index is 9.67. The zero-order chi connectivity index (χ0) is 9.68. The van der Waals surface area contributed by atoms with Gasteiger partial charge in [-0.25, -0.2) is 4.98 Å². The molecule has 2 nitrogen and oxygen atoms in total. The van der Waals surface area contributed by atoms with Gasteiger partial charge in [-0.3, -0.25) is 0 Å². The molecule has 0 spiro atoms. The molecule has 0 aromatic carbocycles. The fourth-order valence-corrected chi connectivity index (χ4v) is 1.80. The molecule has 1 aromatic rings. The molecule has 0 aliphatic rings. The third-order valence-electron chi connectivity index (χ3n) is 1.86. The van der Waals surface area contributed by atoms with Crippen molar-refractivity contribution in [2.75, 3.05) is 0 Å². The summed E-state index contributed by atoms with van der Waals surface area (Å²) in [4.78, 5) is 4.23. The highest BCUT2D eigenvalue weighted by molar-refractivity contribution is 7.09. The predicted octanol–water partition coefficient (Wildman–Crippen LogP) is 2.84. The molecule has 0 radical (unpaired) electrons. The van der Waals surface area contributed by atoms with Crippen molar-refractivity contribution in [2.45, 2.75) is 32.3 Å². The van der Waals surface area contributed by atoms with Gasteiger partial charge in [0.15, 0.2) is 0 Å². The second kappa shape index (κ2) is 5.14. The van der Waals surface area contributed by atoms with E-state index in [1.165, 1.54) is 0 Å². The van der Waals surface area contributed by atoms with Gasteiger partial charge in [0.05, 0.1) is 16.8 Å². The number of allylic oxidation sites excluding steroid dienone is 1. The van der Waals surface area contributed by atoms with E-state index in [9.17, 15) is 5.11 Å². The summed E-state index contributed by atoms with van der Waals surface area (Å²) >= 11 is 1.58. The predicted molar refractivity (Wildman–Crippen MR) is 55.9 cm³/mol. The first-order chi connectivity index (χ1) is 6.24. The lowest BCUT2D eigenvalue weighted by Gasteiger charge is -2.05. The summed E-state index contributed by atoms with van der Waals surface area (Å²) in [5.74, 6) is 0. The fraction of sp³-hybridized carbons (Fsp3) is 0.500. The van der Waals surface area contributed by atoms with Crippen LogP contribution < -0.4 is 0 Å². The van der Waals surface area contributed by atoms with Crippen LogP contribution in [0.1, 0.15) is 36.1 Å². The minimum atomic E-state index is -0.398. The Bertz CT molecular complexity index is 270. The van der Waals surface area contributed by atoms with E-state index in [4.69, 9.17) is 0 Å². The molecule has 1 aromatic heterocycles. The maximum Gasteiger partial charge on any atom is 0.0968 e. The zero-order valence-corrected chi connectivity index (χ0v) is 8.68. The van der Waals surface area contributed by atoms with Gasteiger partial charge in [0.1, 0.15) is 0 Å². The highest BCUT2D eigenvalue weighted by atomic mass is 32.1. The van der Waals surface area contributed by atoms with Crippen LogP contribution in [0.5, 0.6) is 0 Å². The number of hydrogen-bond donors (Lipinski definition) is 1. The maximum atomic E-state index is 9.67. The summed E-state index contributed by atoms with van der Waals surface area (Å²) in [6.45, 7) is 5.59. The average molecular weight is 197 g/mol. The quantitative estimate of drug-likeness (QED) is 0.581. The molecule has 72 valence electrons. The summed E-state index contributed by atoms with van der Waals surface area (Å²) in [7, 11) is 0. The van der Waals surface area contributed by atoms with E-state index in [2.05, 4.69) is 11.6 Å².